The highest BCUT2D eigenvalue weighted by Crippen LogP contribution is 2.31. The van der Waals surface area contributed by atoms with Crippen molar-refractivity contribution in [1.82, 2.24) is 0 Å². The van der Waals surface area contributed by atoms with Gasteiger partial charge in [0.1, 0.15) is 23.2 Å². The van der Waals surface area contributed by atoms with E-state index < -0.39 is 28.8 Å². The molecule has 2 aromatic carbocycles. The molecule has 98 valence electrons. The average Bonchev–Trinajstić information content (AvgIpc) is 2.42. The summed E-state index contributed by atoms with van der Waals surface area (Å²) >= 11 is 0. The summed E-state index contributed by atoms with van der Waals surface area (Å²) in [6, 6.07) is 8.17. The van der Waals surface area contributed by atoms with Crippen LogP contribution in [0.5, 0.6) is 11.5 Å². The maximum absolute atomic E-state index is 13.6. The molecule has 3 nitrogen and oxygen atoms in total. The molecule has 2 aromatic rings. The third-order valence-electron chi connectivity index (χ3n) is 2.43. The van der Waals surface area contributed by atoms with Gasteiger partial charge in [-0.1, -0.05) is 6.07 Å². The van der Waals surface area contributed by atoms with Crippen molar-refractivity contribution in [2.45, 2.75) is 0 Å². The Morgan fingerprint density at radius 2 is 1.55 bits per heavy atom. The Morgan fingerprint density at radius 1 is 0.900 bits per heavy atom. The number of hydrogen-bond donors (Lipinski definition) is 0. The van der Waals surface area contributed by atoms with Crippen LogP contribution in [-0.4, -0.2) is 0 Å². The highest BCUT2D eigenvalue weighted by Gasteiger charge is 2.17. The molecule has 0 aliphatic rings. The third-order valence-corrected chi connectivity index (χ3v) is 2.43. The number of nitriles is 2. The van der Waals surface area contributed by atoms with Gasteiger partial charge < -0.3 is 4.74 Å². The number of halogens is 3. The van der Waals surface area contributed by atoms with Gasteiger partial charge in [-0.25, -0.2) is 13.2 Å². The number of nitrogens with zero attached hydrogens (tertiary/aromatic N) is 2. The van der Waals surface area contributed by atoms with Gasteiger partial charge in [0.15, 0.2) is 17.4 Å². The minimum absolute atomic E-state index is 0.216. The van der Waals surface area contributed by atoms with Gasteiger partial charge in [-0.2, -0.15) is 10.5 Å². The van der Waals surface area contributed by atoms with Crippen LogP contribution in [0.25, 0.3) is 0 Å². The summed E-state index contributed by atoms with van der Waals surface area (Å²) < 4.78 is 45.5. The molecule has 0 bridgehead atoms. The summed E-state index contributed by atoms with van der Waals surface area (Å²) in [4.78, 5) is 0. The highest BCUT2D eigenvalue weighted by atomic mass is 19.1. The van der Waals surface area contributed by atoms with Gasteiger partial charge in [0, 0.05) is 0 Å². The van der Waals surface area contributed by atoms with Crippen LogP contribution in [0.15, 0.2) is 30.3 Å². The number of ether oxygens (including phenoxy) is 1. The molecule has 0 unspecified atom stereocenters. The average molecular weight is 274 g/mol. The van der Waals surface area contributed by atoms with Crippen molar-refractivity contribution in [3.05, 3.63) is 58.9 Å². The normalized spacial score (nSPS) is 9.65. The lowest BCUT2D eigenvalue weighted by molar-refractivity contribution is 0.403. The van der Waals surface area contributed by atoms with E-state index in [1.165, 1.54) is 12.1 Å². The summed E-state index contributed by atoms with van der Waals surface area (Å²) in [5, 5.41) is 17.4. The summed E-state index contributed by atoms with van der Waals surface area (Å²) in [7, 11) is 0. The Bertz CT molecular complexity index is 737. The molecular formula is C14H5F3N2O. The van der Waals surface area contributed by atoms with Gasteiger partial charge >= 0.3 is 0 Å². The Hall–Kier alpha value is -2.99. The molecule has 20 heavy (non-hydrogen) atoms. The predicted molar refractivity (Wildman–Crippen MR) is 62.3 cm³/mol. The highest BCUT2D eigenvalue weighted by molar-refractivity contribution is 5.47. The zero-order valence-corrected chi connectivity index (χ0v) is 9.82. The Labute approximate surface area is 112 Å². The number of benzene rings is 2. The molecule has 0 atom stereocenters. The molecule has 0 spiro atoms. The van der Waals surface area contributed by atoms with Crippen LogP contribution in [0.3, 0.4) is 0 Å². The van der Waals surface area contributed by atoms with E-state index in [0.717, 1.165) is 18.2 Å². The number of rotatable bonds is 2. The monoisotopic (exact) mass is 274 g/mol. The van der Waals surface area contributed by atoms with E-state index in [0.29, 0.717) is 0 Å². The molecule has 0 amide bonds. The van der Waals surface area contributed by atoms with Crippen molar-refractivity contribution in [2.24, 2.45) is 0 Å². The SMILES string of the molecule is N#Cc1cc(F)c(Oc2cccc(F)c2C#N)c(F)c1. The first kappa shape index (κ1) is 13.4. The summed E-state index contributed by atoms with van der Waals surface area (Å²) in [6.07, 6.45) is 0. The van der Waals surface area contributed by atoms with Crippen molar-refractivity contribution < 1.29 is 17.9 Å². The van der Waals surface area contributed by atoms with Gasteiger partial charge in [0.25, 0.3) is 0 Å². The van der Waals surface area contributed by atoms with Crippen LogP contribution >= 0.6 is 0 Å². The first-order chi connectivity index (χ1) is 9.56. The lowest BCUT2D eigenvalue weighted by Gasteiger charge is -2.09. The molecule has 0 saturated carbocycles. The molecule has 0 aliphatic heterocycles. The van der Waals surface area contributed by atoms with Crippen LogP contribution in [0, 0.1) is 40.1 Å². The van der Waals surface area contributed by atoms with E-state index in [9.17, 15) is 13.2 Å². The largest absolute Gasteiger partial charge is 0.450 e. The Morgan fingerprint density at radius 3 is 2.10 bits per heavy atom. The minimum atomic E-state index is -1.12. The Kier molecular flexibility index (Phi) is 3.58. The zero-order chi connectivity index (χ0) is 14.7. The van der Waals surface area contributed by atoms with Crippen LogP contribution in [0.4, 0.5) is 13.2 Å². The summed E-state index contributed by atoms with van der Waals surface area (Å²) in [5.41, 5.74) is -0.678. The quantitative estimate of drug-likeness (QED) is 0.840. The first-order valence-electron chi connectivity index (χ1n) is 5.32. The maximum atomic E-state index is 13.6. The van der Waals surface area contributed by atoms with Gasteiger partial charge in [0.05, 0.1) is 11.6 Å². The molecule has 0 aromatic heterocycles. The second-order valence-corrected chi connectivity index (χ2v) is 3.71. The topological polar surface area (TPSA) is 56.8 Å². The van der Waals surface area contributed by atoms with Crippen molar-refractivity contribution in [3.63, 3.8) is 0 Å². The lowest BCUT2D eigenvalue weighted by Crippen LogP contribution is -1.97. The van der Waals surface area contributed by atoms with Crippen LogP contribution in [0.2, 0.25) is 0 Å². The van der Waals surface area contributed by atoms with E-state index in [1.807, 2.05) is 0 Å². The molecule has 0 heterocycles. The molecule has 6 heteroatoms. The molecule has 0 fully saturated rings. The predicted octanol–water partition coefficient (Wildman–Crippen LogP) is 3.64. The minimum Gasteiger partial charge on any atom is -0.450 e. The first-order valence-corrected chi connectivity index (χ1v) is 5.32. The molecule has 0 aliphatic carbocycles. The van der Waals surface area contributed by atoms with E-state index >= 15 is 0 Å². The number of hydrogen-bond acceptors (Lipinski definition) is 3. The standard InChI is InChI=1S/C14H5F3N2O/c15-10-2-1-3-13(9(10)7-19)20-14-11(16)4-8(6-18)5-12(14)17/h1-5H. The van der Waals surface area contributed by atoms with E-state index in [2.05, 4.69) is 0 Å². The fourth-order valence-corrected chi connectivity index (χ4v) is 1.53. The maximum Gasteiger partial charge on any atom is 0.198 e. The second kappa shape index (κ2) is 5.33. The second-order valence-electron chi connectivity index (χ2n) is 3.71. The third kappa shape index (κ3) is 2.40. The van der Waals surface area contributed by atoms with Gasteiger partial charge in [-0.15, -0.1) is 0 Å². The molecule has 0 radical (unpaired) electrons. The zero-order valence-electron chi connectivity index (χ0n) is 9.82. The van der Waals surface area contributed by atoms with E-state index in [4.69, 9.17) is 15.3 Å². The van der Waals surface area contributed by atoms with Crippen molar-refractivity contribution in [1.29, 1.82) is 10.5 Å². The fourth-order valence-electron chi connectivity index (χ4n) is 1.53. The van der Waals surface area contributed by atoms with Crippen LogP contribution in [-0.2, 0) is 0 Å². The van der Waals surface area contributed by atoms with Gasteiger partial charge in [-0.3, -0.25) is 0 Å². The van der Waals surface area contributed by atoms with Crippen LogP contribution in [0.1, 0.15) is 11.1 Å². The molecule has 2 rings (SSSR count). The summed E-state index contributed by atoms with van der Waals surface area (Å²) in [5.74, 6) is -4.20. The van der Waals surface area contributed by atoms with Crippen molar-refractivity contribution in [2.75, 3.05) is 0 Å². The summed E-state index contributed by atoms with van der Waals surface area (Å²) in [6.45, 7) is 0. The molecular weight excluding hydrogens is 269 g/mol. The molecule has 0 N–H and O–H groups in total. The van der Waals surface area contributed by atoms with Gasteiger partial charge in [-0.05, 0) is 24.3 Å². The fraction of sp³-hybridized carbons (Fsp3) is 0. The van der Waals surface area contributed by atoms with Crippen molar-refractivity contribution >= 4 is 0 Å². The lowest BCUT2D eigenvalue weighted by atomic mass is 10.2. The smallest absolute Gasteiger partial charge is 0.198 e. The molecule has 0 saturated heterocycles. The van der Waals surface area contributed by atoms with Crippen LogP contribution < -0.4 is 4.74 Å². The Balaban J connectivity index is 2.50. The van der Waals surface area contributed by atoms with E-state index in [-0.39, 0.29) is 11.3 Å². The van der Waals surface area contributed by atoms with Gasteiger partial charge in [0.2, 0.25) is 0 Å². The van der Waals surface area contributed by atoms with Crippen molar-refractivity contribution in [3.8, 4) is 23.6 Å². The van der Waals surface area contributed by atoms with E-state index in [1.54, 1.807) is 12.1 Å².